The Labute approximate surface area is 225 Å². The molecular formula is C23H28F2N6O4S. The third kappa shape index (κ3) is 4.90. The number of halogens is 2. The summed E-state index contributed by atoms with van der Waals surface area (Å²) in [4.78, 5) is 8.38. The van der Waals surface area contributed by atoms with Gasteiger partial charge in [0.05, 0.1) is 29.5 Å². The molecule has 1 unspecified atom stereocenters. The van der Waals surface area contributed by atoms with Crippen LogP contribution in [0, 0.1) is 11.6 Å². The van der Waals surface area contributed by atoms with E-state index in [1.807, 2.05) is 0 Å². The zero-order valence-electron chi connectivity index (χ0n) is 29.4. The number of hydrogen-bond acceptors (Lipinski definition) is 10. The Morgan fingerprint density at radius 3 is 2.97 bits per heavy atom. The molecule has 5 rings (SSSR count). The van der Waals surface area contributed by atoms with Gasteiger partial charge in [0, 0.05) is 35.0 Å². The molecule has 1 aromatic carbocycles. The predicted octanol–water partition coefficient (Wildman–Crippen LogP) is 2.01. The van der Waals surface area contributed by atoms with Crippen LogP contribution in [0.4, 0.5) is 14.6 Å². The predicted molar refractivity (Wildman–Crippen MR) is 128 cm³/mol. The van der Waals surface area contributed by atoms with Crippen LogP contribution in [0.2, 0.25) is 0 Å². The molecule has 0 spiro atoms. The number of hydrogen-bond donors (Lipinski definition) is 4. The summed E-state index contributed by atoms with van der Waals surface area (Å²) < 4.78 is 122. The molecule has 3 aromatic rings. The van der Waals surface area contributed by atoms with Gasteiger partial charge >= 0.3 is 0 Å². The molecule has 0 radical (unpaired) electrons. The van der Waals surface area contributed by atoms with Crippen LogP contribution in [0.5, 0.6) is 0 Å². The number of ether oxygens (including phenoxy) is 1. The SMILES string of the molecule is [2H]c1c([2H])c(C2([2H])C[C@@H]2Nc2nc(SC([2H])([2H])C([2H])([2H])C([2H])([2H])[2H])nc3c2nnn3[C@@H]2C[C@H](OCCO)[C@@H](O)[C@H]2O)c([2H])c(F)c1F. The van der Waals surface area contributed by atoms with Crippen LogP contribution >= 0.6 is 11.8 Å². The van der Waals surface area contributed by atoms with Gasteiger partial charge in [-0.25, -0.2) is 23.4 Å². The Balaban J connectivity index is 1.57. The monoisotopic (exact) mass is 533 g/mol. The van der Waals surface area contributed by atoms with Crippen LogP contribution in [0.15, 0.2) is 23.3 Å². The lowest BCUT2D eigenvalue weighted by atomic mass is 10.1. The fourth-order valence-electron chi connectivity index (χ4n) is 4.10. The first-order valence-corrected chi connectivity index (χ1v) is 11.6. The van der Waals surface area contributed by atoms with Gasteiger partial charge in [-0.2, -0.15) is 0 Å². The van der Waals surface area contributed by atoms with E-state index in [0.29, 0.717) is 0 Å². The van der Waals surface area contributed by atoms with Crippen molar-refractivity contribution in [1.82, 2.24) is 25.0 Å². The maximum Gasteiger partial charge on any atom is 0.191 e. The number of anilines is 1. The normalized spacial score (nSPS) is 35.2. The summed E-state index contributed by atoms with van der Waals surface area (Å²) in [6, 6.07) is -5.20. The summed E-state index contributed by atoms with van der Waals surface area (Å²) in [6.07, 6.45) is -7.53. The van der Waals surface area contributed by atoms with Crippen molar-refractivity contribution in [3.8, 4) is 0 Å². The van der Waals surface area contributed by atoms with E-state index in [-0.39, 0.29) is 54.8 Å². The molecule has 2 fully saturated rings. The van der Waals surface area contributed by atoms with Crippen molar-refractivity contribution in [2.45, 2.75) is 67.5 Å². The molecule has 194 valence electrons. The second-order valence-electron chi connectivity index (χ2n) is 8.11. The highest BCUT2D eigenvalue weighted by atomic mass is 32.2. The first kappa shape index (κ1) is 15.1. The Hall–Kier alpha value is -2.45. The largest absolute Gasteiger partial charge is 0.394 e. The average molecular weight is 534 g/mol. The first-order valence-electron chi connectivity index (χ1n) is 16.3. The Morgan fingerprint density at radius 1 is 1.31 bits per heavy atom. The van der Waals surface area contributed by atoms with E-state index in [1.165, 1.54) is 0 Å². The quantitative estimate of drug-likeness (QED) is 0.226. The van der Waals surface area contributed by atoms with Crippen molar-refractivity contribution >= 4 is 28.7 Å². The minimum Gasteiger partial charge on any atom is -0.394 e. The van der Waals surface area contributed by atoms with E-state index in [9.17, 15) is 19.0 Å². The van der Waals surface area contributed by atoms with Crippen molar-refractivity contribution in [3.05, 3.63) is 35.3 Å². The molecule has 36 heavy (non-hydrogen) atoms. The summed E-state index contributed by atoms with van der Waals surface area (Å²) in [7, 11) is 0. The Morgan fingerprint density at radius 2 is 2.17 bits per heavy atom. The fraction of sp³-hybridized carbons (Fsp3) is 0.565. The van der Waals surface area contributed by atoms with E-state index >= 15 is 0 Å². The average Bonchev–Trinajstić information content (AvgIpc) is 3.28. The lowest BCUT2D eigenvalue weighted by Gasteiger charge is -2.17. The smallest absolute Gasteiger partial charge is 0.191 e. The molecule has 10 nitrogen and oxygen atoms in total. The highest BCUT2D eigenvalue weighted by Crippen LogP contribution is 2.44. The molecule has 13 heteroatoms. The summed E-state index contributed by atoms with van der Waals surface area (Å²) in [5.74, 6) is -5.60. The van der Waals surface area contributed by atoms with E-state index in [2.05, 4.69) is 25.6 Å². The number of aromatic nitrogens is 5. The summed E-state index contributed by atoms with van der Waals surface area (Å²) in [5.41, 5.74) is -4.08. The number of aliphatic hydroxyl groups is 3. The van der Waals surface area contributed by atoms with Gasteiger partial charge in [-0.05, 0) is 30.4 Å². The van der Waals surface area contributed by atoms with E-state index in [1.54, 1.807) is 0 Å². The van der Waals surface area contributed by atoms with Crippen LogP contribution < -0.4 is 5.32 Å². The molecule has 4 N–H and O–H groups in total. The highest BCUT2D eigenvalue weighted by molar-refractivity contribution is 7.99. The molecule has 2 saturated carbocycles. The topological polar surface area (TPSA) is 138 Å². The number of aliphatic hydroxyl groups excluding tert-OH is 3. The third-order valence-corrected chi connectivity index (χ3v) is 6.44. The van der Waals surface area contributed by atoms with Crippen molar-refractivity contribution < 1.29 is 43.9 Å². The van der Waals surface area contributed by atoms with Crippen molar-refractivity contribution in [1.29, 1.82) is 0 Å². The van der Waals surface area contributed by atoms with Gasteiger partial charge < -0.3 is 25.4 Å². The molecule has 0 saturated heterocycles. The summed E-state index contributed by atoms with van der Waals surface area (Å²) >= 11 is 0.0105. The zero-order valence-corrected chi connectivity index (χ0v) is 19.2. The minimum absolute atomic E-state index is 0.0105. The van der Waals surface area contributed by atoms with Gasteiger partial charge in [0.15, 0.2) is 33.8 Å². The van der Waals surface area contributed by atoms with Gasteiger partial charge in [0.1, 0.15) is 12.2 Å². The number of benzene rings is 1. The molecule has 2 heterocycles. The van der Waals surface area contributed by atoms with Crippen LogP contribution in [-0.4, -0.2) is 83.6 Å². The molecule has 2 aliphatic rings. The standard InChI is InChI=1S/C23H28F2N6O4S/c1-2-7-36-23-27-21(26-15-9-12(15)11-3-4-13(24)14(25)8-11)18-22(28-23)31(30-29-18)16-10-17(35-6-5-32)20(34)19(16)33/h3-4,8,12,15-17,19-20,32-34H,2,5-7,9-10H2,1H3,(H,26,27,28)/t12?,15-,16+,17-,19-,20+/m0/s1/i1D3,2D2,3D,4D,7D2,8D,12D. The Bertz CT molecular complexity index is 1680. The van der Waals surface area contributed by atoms with E-state index in [0.717, 1.165) is 4.68 Å². The molecule has 6 atom stereocenters. The molecule has 2 aliphatic carbocycles. The van der Waals surface area contributed by atoms with Crippen molar-refractivity contribution in [3.63, 3.8) is 0 Å². The highest BCUT2D eigenvalue weighted by Gasteiger charge is 2.45. The number of rotatable bonds is 10. The fourth-order valence-corrected chi connectivity index (χ4v) is 4.51. The maximum absolute atomic E-state index is 14.4. The third-order valence-electron chi connectivity index (χ3n) is 5.87. The van der Waals surface area contributed by atoms with Gasteiger partial charge in [-0.3, -0.25) is 0 Å². The second-order valence-corrected chi connectivity index (χ2v) is 8.88. The van der Waals surface area contributed by atoms with E-state index in [4.69, 9.17) is 24.9 Å². The van der Waals surface area contributed by atoms with Crippen LogP contribution in [0.25, 0.3) is 11.2 Å². The first-order chi connectivity index (χ1) is 21.7. The minimum atomic E-state index is -3.42. The van der Waals surface area contributed by atoms with Crippen molar-refractivity contribution in [2.75, 3.05) is 24.2 Å². The van der Waals surface area contributed by atoms with Crippen LogP contribution in [0.1, 0.15) is 58.6 Å². The van der Waals surface area contributed by atoms with Crippen molar-refractivity contribution in [2.24, 2.45) is 0 Å². The molecule has 0 aliphatic heterocycles. The van der Waals surface area contributed by atoms with Gasteiger partial charge in [-0.1, -0.05) is 29.9 Å². The van der Waals surface area contributed by atoms with Gasteiger partial charge in [-0.15, -0.1) is 5.10 Å². The van der Waals surface area contributed by atoms with E-state index < -0.39 is 95.7 Å². The zero-order chi connectivity index (χ0) is 35.0. The Kier molecular flexibility index (Phi) is 4.40. The van der Waals surface area contributed by atoms with Gasteiger partial charge in [0.25, 0.3) is 0 Å². The molecule has 0 amide bonds. The lowest BCUT2D eigenvalue weighted by molar-refractivity contribution is -0.0629. The number of nitrogens with zero attached hydrogens (tertiary/aromatic N) is 5. The lowest BCUT2D eigenvalue weighted by Crippen LogP contribution is -2.33. The number of fused-ring (bicyclic) bond motifs is 1. The second kappa shape index (κ2) is 10.5. The van der Waals surface area contributed by atoms with Crippen LogP contribution in [0.3, 0.4) is 0 Å². The molecular weight excluding hydrogens is 494 g/mol. The summed E-state index contributed by atoms with van der Waals surface area (Å²) in [5, 5.41) is 40.7. The number of thioether (sulfide) groups is 1. The maximum atomic E-state index is 14.4. The molecule has 2 aromatic heterocycles. The van der Waals surface area contributed by atoms with Crippen LogP contribution in [-0.2, 0) is 4.74 Å². The molecule has 0 bridgehead atoms. The summed E-state index contributed by atoms with van der Waals surface area (Å²) in [6.45, 7) is -3.92. The van der Waals surface area contributed by atoms with Gasteiger partial charge in [0.2, 0.25) is 0 Å². The number of nitrogens with one attached hydrogen (secondary N) is 1.